The number of carboxylic acid groups (broad SMARTS) is 4. The minimum atomic E-state index is -0.963. The van der Waals surface area contributed by atoms with Gasteiger partial charge in [-0.15, -0.1) is 0 Å². The average Bonchev–Trinajstić information content (AvgIpc) is 2.65. The van der Waals surface area contributed by atoms with Crippen LogP contribution in [0.3, 0.4) is 0 Å². The van der Waals surface area contributed by atoms with Crippen molar-refractivity contribution in [3.8, 4) is 0 Å². The minimum Gasteiger partial charge on any atom is -0.481 e. The highest BCUT2D eigenvalue weighted by atomic mass is 16.4. The Morgan fingerprint density at radius 3 is 1.12 bits per heavy atom. The van der Waals surface area contributed by atoms with Crippen LogP contribution in [-0.4, -0.2) is 89.1 Å². The van der Waals surface area contributed by atoms with Gasteiger partial charge in [0.15, 0.2) is 0 Å². The smallest absolute Gasteiger partial charge is 0.305 e. The summed E-state index contributed by atoms with van der Waals surface area (Å²) < 4.78 is 0. The summed E-state index contributed by atoms with van der Waals surface area (Å²) in [5.74, 6) is -3.77. The Labute approximate surface area is 200 Å². The van der Waals surface area contributed by atoms with Gasteiger partial charge in [0.2, 0.25) is 0 Å². The van der Waals surface area contributed by atoms with Crippen molar-refractivity contribution in [2.75, 3.05) is 0 Å². The standard InChI is InChI=1S/C7H14O3.C6H12O3.C5H10O3.C4H8O3/c1-2-3-4-6(8)5-7(9)10;1-2-3-5(7)4-6(8)9;1-2-4(6)3-5(7)8;1-3(5)2-4(6)7/h6,8H,2-5H2,1H3,(H,9,10);5,7H,2-4H2,1H3,(H,8,9);4,6H,2-3H2,1H3,(H,7,8);3,5H,2H2,1H3,(H,6,7). The fraction of sp³-hybridized carbons (Fsp3) is 0.818. The largest absolute Gasteiger partial charge is 0.481 e. The summed E-state index contributed by atoms with van der Waals surface area (Å²) in [4.78, 5) is 39.4. The van der Waals surface area contributed by atoms with Gasteiger partial charge in [0, 0.05) is 0 Å². The number of unbranched alkanes of at least 4 members (excludes halogenated alkanes) is 1. The molecule has 0 aromatic carbocycles. The Bertz CT molecular complexity index is 522. The predicted molar refractivity (Wildman–Crippen MR) is 123 cm³/mol. The number of carboxylic acids is 4. The summed E-state index contributed by atoms with van der Waals surface area (Å²) in [6.07, 6.45) is 1.13. The molecule has 0 saturated carbocycles. The predicted octanol–water partition coefficient (Wildman–Crippen LogP) is 1.71. The van der Waals surface area contributed by atoms with E-state index in [4.69, 9.17) is 40.9 Å². The third kappa shape index (κ3) is 47.5. The molecule has 34 heavy (non-hydrogen) atoms. The lowest BCUT2D eigenvalue weighted by Crippen LogP contribution is -2.12. The van der Waals surface area contributed by atoms with Gasteiger partial charge in [-0.25, -0.2) is 0 Å². The highest BCUT2D eigenvalue weighted by molar-refractivity contribution is 5.68. The van der Waals surface area contributed by atoms with Crippen molar-refractivity contribution >= 4 is 23.9 Å². The molecule has 0 amide bonds. The lowest BCUT2D eigenvalue weighted by Gasteiger charge is -2.04. The first kappa shape index (κ1) is 39.0. The van der Waals surface area contributed by atoms with E-state index < -0.39 is 48.3 Å². The van der Waals surface area contributed by atoms with Crippen LogP contribution in [0.1, 0.15) is 91.9 Å². The zero-order valence-electron chi connectivity index (χ0n) is 20.6. The van der Waals surface area contributed by atoms with Crippen molar-refractivity contribution in [1.29, 1.82) is 0 Å². The van der Waals surface area contributed by atoms with Crippen LogP contribution in [0.5, 0.6) is 0 Å². The molecule has 0 aromatic heterocycles. The van der Waals surface area contributed by atoms with E-state index in [0.29, 0.717) is 19.3 Å². The second-order valence-electron chi connectivity index (χ2n) is 7.54. The third-order valence-electron chi connectivity index (χ3n) is 3.68. The van der Waals surface area contributed by atoms with Gasteiger partial charge < -0.3 is 40.9 Å². The summed E-state index contributed by atoms with van der Waals surface area (Å²) in [6, 6.07) is 0. The van der Waals surface area contributed by atoms with Gasteiger partial charge in [-0.2, -0.15) is 0 Å². The summed E-state index contributed by atoms with van der Waals surface area (Å²) in [7, 11) is 0. The first-order chi connectivity index (χ1) is 15.6. The normalized spacial score (nSPS) is 13.2. The van der Waals surface area contributed by atoms with E-state index in [1.807, 2.05) is 13.8 Å². The zero-order valence-corrected chi connectivity index (χ0v) is 20.6. The molecule has 4 atom stereocenters. The van der Waals surface area contributed by atoms with Gasteiger partial charge in [-0.1, -0.05) is 40.0 Å². The van der Waals surface area contributed by atoms with Crippen molar-refractivity contribution in [3.63, 3.8) is 0 Å². The van der Waals surface area contributed by atoms with Gasteiger partial charge in [0.1, 0.15) is 0 Å². The molecule has 0 rings (SSSR count). The molecule has 0 spiro atoms. The van der Waals surface area contributed by atoms with E-state index in [1.54, 1.807) is 6.92 Å². The molecule has 204 valence electrons. The van der Waals surface area contributed by atoms with Crippen LogP contribution in [0.15, 0.2) is 0 Å². The van der Waals surface area contributed by atoms with E-state index >= 15 is 0 Å². The van der Waals surface area contributed by atoms with E-state index in [9.17, 15) is 19.2 Å². The quantitative estimate of drug-likeness (QED) is 0.170. The molecule has 0 saturated heterocycles. The summed E-state index contributed by atoms with van der Waals surface area (Å²) in [6.45, 7) is 7.10. The monoisotopic (exact) mass is 500 g/mol. The fourth-order valence-corrected chi connectivity index (χ4v) is 1.98. The highest BCUT2D eigenvalue weighted by Gasteiger charge is 2.08. The SMILES string of the molecule is CC(O)CC(=O)O.CCC(O)CC(=O)O.CCCC(O)CC(=O)O.CCCCC(O)CC(=O)O. The maximum atomic E-state index is 10.0. The summed E-state index contributed by atoms with van der Waals surface area (Å²) >= 11 is 0. The first-order valence-corrected chi connectivity index (χ1v) is 11.2. The maximum absolute atomic E-state index is 10.0. The van der Waals surface area contributed by atoms with Crippen molar-refractivity contribution in [2.24, 2.45) is 0 Å². The number of aliphatic carboxylic acids is 4. The molecule has 0 aromatic rings. The van der Waals surface area contributed by atoms with Crippen LogP contribution in [0.4, 0.5) is 0 Å². The van der Waals surface area contributed by atoms with E-state index in [-0.39, 0.29) is 25.7 Å². The van der Waals surface area contributed by atoms with Crippen LogP contribution in [0, 0.1) is 0 Å². The van der Waals surface area contributed by atoms with E-state index in [2.05, 4.69) is 0 Å². The second kappa shape index (κ2) is 27.0. The Balaban J connectivity index is -0.000000178. The third-order valence-corrected chi connectivity index (χ3v) is 3.68. The molecule has 0 aliphatic rings. The molecule has 0 aliphatic heterocycles. The van der Waals surface area contributed by atoms with Crippen LogP contribution in [-0.2, 0) is 19.2 Å². The summed E-state index contributed by atoms with van der Waals surface area (Å²) in [5.41, 5.74) is 0. The van der Waals surface area contributed by atoms with Crippen molar-refractivity contribution < 1.29 is 60.0 Å². The Kier molecular flexibility index (Phi) is 30.9. The van der Waals surface area contributed by atoms with Crippen LogP contribution >= 0.6 is 0 Å². The van der Waals surface area contributed by atoms with E-state index in [1.165, 1.54) is 6.92 Å². The summed E-state index contributed by atoms with van der Waals surface area (Å²) in [5, 5.41) is 67.2. The fourth-order valence-electron chi connectivity index (χ4n) is 1.98. The molecule has 4 unspecified atom stereocenters. The number of aliphatic hydroxyl groups is 4. The number of hydrogen-bond acceptors (Lipinski definition) is 8. The molecule has 8 N–H and O–H groups in total. The van der Waals surface area contributed by atoms with Gasteiger partial charge in [-0.3, -0.25) is 19.2 Å². The lowest BCUT2D eigenvalue weighted by molar-refractivity contribution is -0.140. The second-order valence-corrected chi connectivity index (χ2v) is 7.54. The maximum Gasteiger partial charge on any atom is 0.305 e. The first-order valence-electron chi connectivity index (χ1n) is 11.2. The topological polar surface area (TPSA) is 230 Å². The Morgan fingerprint density at radius 1 is 0.559 bits per heavy atom. The number of rotatable bonds is 14. The molecule has 0 aliphatic carbocycles. The average molecular weight is 501 g/mol. The van der Waals surface area contributed by atoms with Crippen LogP contribution in [0.2, 0.25) is 0 Å². The van der Waals surface area contributed by atoms with Gasteiger partial charge in [0.05, 0.1) is 50.1 Å². The molecule has 12 nitrogen and oxygen atoms in total. The molecule has 0 radical (unpaired) electrons. The highest BCUT2D eigenvalue weighted by Crippen LogP contribution is 2.03. The van der Waals surface area contributed by atoms with Crippen molar-refractivity contribution in [1.82, 2.24) is 0 Å². The molecular formula is C22H44O12. The number of carbonyl (C=O) groups is 4. The molecule has 12 heteroatoms. The molecule has 0 heterocycles. The van der Waals surface area contributed by atoms with Gasteiger partial charge >= 0.3 is 23.9 Å². The number of aliphatic hydroxyl groups excluding tert-OH is 4. The number of hydrogen-bond donors (Lipinski definition) is 8. The van der Waals surface area contributed by atoms with Crippen molar-refractivity contribution in [2.45, 2.75) is 116 Å². The van der Waals surface area contributed by atoms with Gasteiger partial charge in [-0.05, 0) is 26.2 Å². The zero-order chi connectivity index (χ0) is 27.7. The molecule has 0 bridgehead atoms. The van der Waals surface area contributed by atoms with Crippen LogP contribution in [0.25, 0.3) is 0 Å². The minimum absolute atomic E-state index is 0.125. The molecule has 0 fully saturated rings. The van der Waals surface area contributed by atoms with Crippen molar-refractivity contribution in [3.05, 3.63) is 0 Å². The Hall–Kier alpha value is -2.28. The lowest BCUT2D eigenvalue weighted by atomic mass is 10.1. The Morgan fingerprint density at radius 2 is 0.912 bits per heavy atom. The van der Waals surface area contributed by atoms with Crippen LogP contribution < -0.4 is 0 Å². The van der Waals surface area contributed by atoms with E-state index in [0.717, 1.165) is 19.3 Å². The molecular weight excluding hydrogens is 456 g/mol. The van der Waals surface area contributed by atoms with Gasteiger partial charge in [0.25, 0.3) is 0 Å².